The van der Waals surface area contributed by atoms with Crippen LogP contribution in [0.5, 0.6) is 0 Å². The number of nitrogens with one attached hydrogen (secondary N) is 3. The number of aliphatic hydroxyl groups is 1. The van der Waals surface area contributed by atoms with Crippen LogP contribution in [0.3, 0.4) is 0 Å². The lowest BCUT2D eigenvalue weighted by Gasteiger charge is -2.26. The molecule has 4 rings (SSSR count). The second-order valence-electron chi connectivity index (χ2n) is 8.81. The third-order valence-corrected chi connectivity index (χ3v) is 6.05. The lowest BCUT2D eigenvalue weighted by molar-refractivity contribution is -0.204. The van der Waals surface area contributed by atoms with E-state index in [-0.39, 0.29) is 29.5 Å². The fraction of sp³-hybridized carbons (Fsp3) is 0.333. The topological polar surface area (TPSA) is 149 Å². The van der Waals surface area contributed by atoms with Crippen LogP contribution in [0.4, 0.5) is 18.0 Å². The van der Waals surface area contributed by atoms with Gasteiger partial charge in [-0.25, -0.2) is 19.4 Å². The zero-order valence-electron chi connectivity index (χ0n) is 20.3. The van der Waals surface area contributed by atoms with Crippen LogP contribution >= 0.6 is 11.6 Å². The average molecular weight is 565 g/mol. The first-order chi connectivity index (χ1) is 18.5. The number of carbonyl (C=O) groups excluding carboxylic acids is 2. The van der Waals surface area contributed by atoms with E-state index in [9.17, 15) is 27.9 Å². The van der Waals surface area contributed by atoms with Crippen molar-refractivity contribution in [3.63, 3.8) is 0 Å². The smallest absolute Gasteiger partial charge is 0.382 e. The van der Waals surface area contributed by atoms with E-state index in [0.29, 0.717) is 28.1 Å². The van der Waals surface area contributed by atoms with Crippen molar-refractivity contribution in [1.82, 2.24) is 35.3 Å². The number of amidine groups is 1. The molecule has 1 aliphatic carbocycles. The Morgan fingerprint density at radius 3 is 2.56 bits per heavy atom. The van der Waals surface area contributed by atoms with Gasteiger partial charge in [-0.15, -0.1) is 5.10 Å². The number of amides is 3. The van der Waals surface area contributed by atoms with Crippen molar-refractivity contribution in [1.29, 1.82) is 5.41 Å². The summed E-state index contributed by atoms with van der Waals surface area (Å²) in [5.74, 6) is -0.405. The predicted octanol–water partition coefficient (Wildman–Crippen LogP) is 2.92. The van der Waals surface area contributed by atoms with Crippen LogP contribution in [-0.2, 0) is 6.54 Å². The summed E-state index contributed by atoms with van der Waals surface area (Å²) >= 11 is 5.83. The van der Waals surface area contributed by atoms with Crippen LogP contribution in [0.15, 0.2) is 48.9 Å². The van der Waals surface area contributed by atoms with Gasteiger partial charge in [0.15, 0.2) is 17.6 Å². The van der Waals surface area contributed by atoms with Crippen molar-refractivity contribution in [2.45, 2.75) is 31.7 Å². The Balaban J connectivity index is 1.46. The molecule has 2 heterocycles. The van der Waals surface area contributed by atoms with Crippen molar-refractivity contribution < 1.29 is 27.9 Å². The monoisotopic (exact) mass is 564 g/mol. The number of urea groups is 1. The van der Waals surface area contributed by atoms with Crippen molar-refractivity contribution in [3.05, 3.63) is 71.0 Å². The zero-order valence-corrected chi connectivity index (χ0v) is 21.1. The van der Waals surface area contributed by atoms with Gasteiger partial charge in [0.2, 0.25) is 0 Å². The van der Waals surface area contributed by atoms with Gasteiger partial charge in [0.25, 0.3) is 5.91 Å². The minimum Gasteiger partial charge on any atom is -0.382 e. The van der Waals surface area contributed by atoms with Crippen LogP contribution in [0.1, 0.15) is 34.7 Å². The van der Waals surface area contributed by atoms with Crippen molar-refractivity contribution >= 4 is 29.4 Å². The van der Waals surface area contributed by atoms with Gasteiger partial charge in [-0.2, -0.15) is 13.2 Å². The SMILES string of the molecule is N=C(c1ccc(Cl)cc1)N(C[C@@H](O)C(F)(F)F)C(=O)NCc1ncn(-c2cccnc2C(=O)NCC2CC2)n1. The van der Waals surface area contributed by atoms with Crippen LogP contribution in [0, 0.1) is 11.3 Å². The Bertz CT molecular complexity index is 1340. The molecule has 0 radical (unpaired) electrons. The molecule has 1 aliphatic rings. The lowest BCUT2D eigenvalue weighted by atomic mass is 10.2. The van der Waals surface area contributed by atoms with Gasteiger partial charge in [-0.1, -0.05) is 11.6 Å². The lowest BCUT2D eigenvalue weighted by Crippen LogP contribution is -2.50. The molecule has 11 nitrogen and oxygen atoms in total. The third-order valence-electron chi connectivity index (χ3n) is 5.80. The second kappa shape index (κ2) is 11.8. The quantitative estimate of drug-likeness (QED) is 0.232. The molecule has 1 atom stereocenters. The Kier molecular flexibility index (Phi) is 8.45. The predicted molar refractivity (Wildman–Crippen MR) is 133 cm³/mol. The van der Waals surface area contributed by atoms with E-state index in [1.165, 1.54) is 41.5 Å². The highest BCUT2D eigenvalue weighted by atomic mass is 35.5. The van der Waals surface area contributed by atoms with E-state index >= 15 is 0 Å². The molecule has 206 valence electrons. The number of hydrogen-bond acceptors (Lipinski definition) is 7. The number of aromatic nitrogens is 4. The molecule has 0 saturated heterocycles. The van der Waals surface area contributed by atoms with Crippen molar-refractivity contribution in [2.24, 2.45) is 5.92 Å². The minimum absolute atomic E-state index is 0.0749. The molecule has 39 heavy (non-hydrogen) atoms. The van der Waals surface area contributed by atoms with E-state index in [4.69, 9.17) is 17.0 Å². The van der Waals surface area contributed by atoms with Crippen molar-refractivity contribution in [3.8, 4) is 5.69 Å². The van der Waals surface area contributed by atoms with Gasteiger partial charge in [0, 0.05) is 23.3 Å². The molecule has 0 spiro atoms. The molecular weight excluding hydrogens is 541 g/mol. The summed E-state index contributed by atoms with van der Waals surface area (Å²) in [6, 6.07) is 7.69. The summed E-state index contributed by atoms with van der Waals surface area (Å²) < 4.78 is 40.4. The van der Waals surface area contributed by atoms with Gasteiger partial charge in [-0.3, -0.25) is 15.1 Å². The summed E-state index contributed by atoms with van der Waals surface area (Å²) in [5.41, 5.74) is 0.577. The first-order valence-corrected chi connectivity index (χ1v) is 12.2. The fourth-order valence-electron chi connectivity index (χ4n) is 3.46. The molecule has 0 aliphatic heterocycles. The highest BCUT2D eigenvalue weighted by Gasteiger charge is 2.41. The van der Waals surface area contributed by atoms with Crippen LogP contribution in [0.2, 0.25) is 5.02 Å². The molecule has 3 amide bonds. The number of carbonyl (C=O) groups is 2. The maximum Gasteiger partial charge on any atom is 0.416 e. The summed E-state index contributed by atoms with van der Waals surface area (Å²) in [6.45, 7) is -0.983. The second-order valence-corrected chi connectivity index (χ2v) is 9.25. The summed E-state index contributed by atoms with van der Waals surface area (Å²) in [4.78, 5) is 34.1. The molecule has 15 heteroatoms. The molecule has 1 fully saturated rings. The number of pyridine rings is 1. The number of benzene rings is 1. The maximum atomic E-state index is 13.0. The van der Waals surface area contributed by atoms with E-state index in [1.54, 1.807) is 12.1 Å². The normalized spacial score (nSPS) is 14.0. The molecule has 0 unspecified atom stereocenters. The Morgan fingerprint density at radius 1 is 1.18 bits per heavy atom. The molecular formula is C24H24ClF3N8O3. The summed E-state index contributed by atoms with van der Waals surface area (Å²) in [7, 11) is 0. The Hall–Kier alpha value is -4.04. The molecule has 4 N–H and O–H groups in total. The van der Waals surface area contributed by atoms with Gasteiger partial charge >= 0.3 is 12.2 Å². The largest absolute Gasteiger partial charge is 0.416 e. The molecule has 1 aromatic carbocycles. The van der Waals surface area contributed by atoms with Crippen LogP contribution in [0.25, 0.3) is 5.69 Å². The number of rotatable bonds is 9. The molecule has 1 saturated carbocycles. The van der Waals surface area contributed by atoms with Gasteiger partial charge < -0.3 is 15.7 Å². The minimum atomic E-state index is -5.01. The Labute approximate surface area is 225 Å². The van der Waals surface area contributed by atoms with Gasteiger partial charge in [0.1, 0.15) is 12.2 Å². The zero-order chi connectivity index (χ0) is 28.2. The van der Waals surface area contributed by atoms with Gasteiger partial charge in [0.05, 0.1) is 18.8 Å². The number of halogens is 4. The number of alkyl halides is 3. The first-order valence-electron chi connectivity index (χ1n) is 11.8. The van der Waals surface area contributed by atoms with Crippen LogP contribution in [-0.4, -0.2) is 72.9 Å². The number of nitrogens with zero attached hydrogens (tertiary/aromatic N) is 5. The highest BCUT2D eigenvalue weighted by molar-refractivity contribution is 6.30. The van der Waals surface area contributed by atoms with E-state index in [2.05, 4.69) is 25.7 Å². The van der Waals surface area contributed by atoms with E-state index in [1.807, 2.05) is 0 Å². The van der Waals surface area contributed by atoms with E-state index < -0.39 is 30.7 Å². The number of aliphatic hydroxyl groups excluding tert-OH is 1. The first kappa shape index (κ1) is 28.0. The van der Waals surface area contributed by atoms with Crippen molar-refractivity contribution in [2.75, 3.05) is 13.1 Å². The van der Waals surface area contributed by atoms with Crippen LogP contribution < -0.4 is 10.6 Å². The molecule has 0 bridgehead atoms. The highest BCUT2D eigenvalue weighted by Crippen LogP contribution is 2.27. The maximum absolute atomic E-state index is 13.0. The molecule has 3 aromatic rings. The molecule has 2 aromatic heterocycles. The Morgan fingerprint density at radius 2 is 1.90 bits per heavy atom. The average Bonchev–Trinajstić information content (AvgIpc) is 3.63. The third kappa shape index (κ3) is 7.29. The number of hydrogen-bond donors (Lipinski definition) is 4. The summed E-state index contributed by atoms with van der Waals surface area (Å²) in [6.07, 6.45) is -2.99. The van der Waals surface area contributed by atoms with Gasteiger partial charge in [-0.05, 0) is 55.2 Å². The summed E-state index contributed by atoms with van der Waals surface area (Å²) in [5, 5.41) is 27.6. The van der Waals surface area contributed by atoms with E-state index in [0.717, 1.165) is 12.8 Å². The standard InChI is InChI=1S/C24H24ClF3N8O3/c25-16-7-5-15(6-8-16)21(29)35(12-18(37)24(26,27)28)23(39)32-11-19-33-13-36(34-19)17-2-1-9-30-20(17)22(38)31-10-14-3-4-14/h1-2,5-9,13-14,18,29,37H,3-4,10-12H2,(H,31,38)(H,32,39)/t18-/m1/s1. The fourth-order valence-corrected chi connectivity index (χ4v) is 3.59.